The average molecular weight is 330 g/mol. The van der Waals surface area contributed by atoms with Crippen molar-refractivity contribution in [2.75, 3.05) is 44.3 Å². The van der Waals surface area contributed by atoms with E-state index in [1.165, 1.54) is 6.08 Å². The highest BCUT2D eigenvalue weighted by molar-refractivity contribution is 5.92. The zero-order valence-electron chi connectivity index (χ0n) is 13.6. The maximum absolute atomic E-state index is 12.1. The summed E-state index contributed by atoms with van der Waals surface area (Å²) in [6, 6.07) is 8.06. The smallest absolute Gasteiger partial charge is 0.308 e. The first-order valence-corrected chi connectivity index (χ1v) is 8.26. The SMILES string of the molecule is O=C(O)C1CCN(C(=O)/C=C/c2ccc(N3CCOCC3)cc2)C1. The first kappa shape index (κ1) is 16.5. The van der Waals surface area contributed by atoms with Crippen molar-refractivity contribution >= 4 is 23.6 Å². The largest absolute Gasteiger partial charge is 0.481 e. The normalized spacial score (nSPS) is 21.4. The average Bonchev–Trinajstić information content (AvgIpc) is 3.11. The Balaban J connectivity index is 1.56. The van der Waals surface area contributed by atoms with Crippen molar-refractivity contribution in [3.05, 3.63) is 35.9 Å². The number of amides is 1. The highest BCUT2D eigenvalue weighted by atomic mass is 16.5. The second kappa shape index (κ2) is 7.49. The minimum Gasteiger partial charge on any atom is -0.481 e. The molecule has 1 amide bonds. The molecule has 0 bridgehead atoms. The highest BCUT2D eigenvalue weighted by Crippen LogP contribution is 2.19. The topological polar surface area (TPSA) is 70.1 Å². The van der Waals surface area contributed by atoms with E-state index in [2.05, 4.69) is 4.90 Å². The second-order valence-corrected chi connectivity index (χ2v) is 6.13. The van der Waals surface area contributed by atoms with Crippen molar-refractivity contribution < 1.29 is 19.4 Å². The number of hydrogen-bond acceptors (Lipinski definition) is 4. The molecule has 0 aromatic heterocycles. The fourth-order valence-corrected chi connectivity index (χ4v) is 3.05. The van der Waals surface area contributed by atoms with Gasteiger partial charge in [-0.1, -0.05) is 12.1 Å². The van der Waals surface area contributed by atoms with Gasteiger partial charge in [0.25, 0.3) is 0 Å². The van der Waals surface area contributed by atoms with Crippen LogP contribution in [0.15, 0.2) is 30.3 Å². The van der Waals surface area contributed by atoms with Crippen LogP contribution < -0.4 is 4.90 Å². The third-order valence-electron chi connectivity index (χ3n) is 4.54. The zero-order valence-corrected chi connectivity index (χ0v) is 13.6. The van der Waals surface area contributed by atoms with Crippen LogP contribution in [0.5, 0.6) is 0 Å². The Hall–Kier alpha value is -2.34. The van der Waals surface area contributed by atoms with Gasteiger partial charge in [-0.05, 0) is 30.2 Å². The van der Waals surface area contributed by atoms with Gasteiger partial charge in [-0.25, -0.2) is 0 Å². The Labute approximate surface area is 141 Å². The maximum atomic E-state index is 12.1. The molecule has 1 aromatic rings. The standard InChI is InChI=1S/C18H22N2O4/c21-17(20-8-7-15(13-20)18(22)23)6-3-14-1-4-16(5-2-14)19-9-11-24-12-10-19/h1-6,15H,7-13H2,(H,22,23)/b6-3+. The van der Waals surface area contributed by atoms with E-state index >= 15 is 0 Å². The molecule has 2 heterocycles. The number of morpholine rings is 1. The van der Waals surface area contributed by atoms with E-state index in [1.807, 2.05) is 24.3 Å². The fraction of sp³-hybridized carbons (Fsp3) is 0.444. The van der Waals surface area contributed by atoms with Gasteiger partial charge in [0.2, 0.25) is 5.91 Å². The minimum absolute atomic E-state index is 0.129. The van der Waals surface area contributed by atoms with Crippen molar-refractivity contribution in [2.45, 2.75) is 6.42 Å². The summed E-state index contributed by atoms with van der Waals surface area (Å²) in [6.45, 7) is 4.11. The minimum atomic E-state index is -0.826. The van der Waals surface area contributed by atoms with E-state index in [-0.39, 0.29) is 5.91 Å². The molecule has 3 rings (SSSR count). The van der Waals surface area contributed by atoms with Crippen LogP contribution >= 0.6 is 0 Å². The number of carboxylic acids is 1. The summed E-state index contributed by atoms with van der Waals surface area (Å²) in [4.78, 5) is 26.9. The van der Waals surface area contributed by atoms with Crippen LogP contribution in [0, 0.1) is 5.92 Å². The monoisotopic (exact) mass is 330 g/mol. The van der Waals surface area contributed by atoms with Gasteiger partial charge in [-0.15, -0.1) is 0 Å². The molecule has 6 nitrogen and oxygen atoms in total. The van der Waals surface area contributed by atoms with Crippen LogP contribution in [-0.4, -0.2) is 61.3 Å². The number of nitrogens with zero attached hydrogens (tertiary/aromatic N) is 2. The molecule has 2 fully saturated rings. The second-order valence-electron chi connectivity index (χ2n) is 6.13. The molecule has 24 heavy (non-hydrogen) atoms. The van der Waals surface area contributed by atoms with Gasteiger partial charge in [-0.3, -0.25) is 9.59 Å². The number of anilines is 1. The third kappa shape index (κ3) is 3.94. The Morgan fingerprint density at radius 3 is 2.46 bits per heavy atom. The van der Waals surface area contributed by atoms with Crippen LogP contribution in [-0.2, 0) is 14.3 Å². The Kier molecular flexibility index (Phi) is 5.15. The zero-order chi connectivity index (χ0) is 16.9. The number of rotatable bonds is 4. The van der Waals surface area contributed by atoms with E-state index in [0.29, 0.717) is 19.5 Å². The fourth-order valence-electron chi connectivity index (χ4n) is 3.05. The number of carboxylic acid groups (broad SMARTS) is 1. The first-order chi connectivity index (χ1) is 11.6. The van der Waals surface area contributed by atoms with Gasteiger partial charge in [-0.2, -0.15) is 0 Å². The molecule has 0 aliphatic carbocycles. The number of hydrogen-bond donors (Lipinski definition) is 1. The molecule has 6 heteroatoms. The van der Waals surface area contributed by atoms with Crippen molar-refractivity contribution in [1.82, 2.24) is 4.90 Å². The number of likely N-dealkylation sites (tertiary alicyclic amines) is 1. The number of carbonyl (C=O) groups excluding carboxylic acids is 1. The molecule has 0 saturated carbocycles. The van der Waals surface area contributed by atoms with Crippen molar-refractivity contribution in [3.8, 4) is 0 Å². The van der Waals surface area contributed by atoms with Crippen LogP contribution in [0.1, 0.15) is 12.0 Å². The van der Waals surface area contributed by atoms with Crippen LogP contribution in [0.4, 0.5) is 5.69 Å². The Morgan fingerprint density at radius 1 is 1.12 bits per heavy atom. The predicted molar refractivity (Wildman–Crippen MR) is 90.8 cm³/mol. The van der Waals surface area contributed by atoms with Crippen LogP contribution in [0.3, 0.4) is 0 Å². The van der Waals surface area contributed by atoms with Crippen LogP contribution in [0.25, 0.3) is 6.08 Å². The van der Waals surface area contributed by atoms with E-state index in [9.17, 15) is 9.59 Å². The third-order valence-corrected chi connectivity index (χ3v) is 4.54. The van der Waals surface area contributed by atoms with Gasteiger partial charge in [0.15, 0.2) is 0 Å². The van der Waals surface area contributed by atoms with Gasteiger partial charge in [0, 0.05) is 37.9 Å². The summed E-state index contributed by atoms with van der Waals surface area (Å²) in [6.07, 6.45) is 3.83. The van der Waals surface area contributed by atoms with Gasteiger partial charge in [0.05, 0.1) is 19.1 Å². The van der Waals surface area contributed by atoms with E-state index in [0.717, 1.165) is 37.6 Å². The summed E-state index contributed by atoms with van der Waals surface area (Å²) >= 11 is 0. The lowest BCUT2D eigenvalue weighted by Gasteiger charge is -2.28. The quantitative estimate of drug-likeness (QED) is 0.847. The lowest BCUT2D eigenvalue weighted by molar-refractivity contribution is -0.141. The molecule has 1 unspecified atom stereocenters. The van der Waals surface area contributed by atoms with E-state index in [1.54, 1.807) is 11.0 Å². The van der Waals surface area contributed by atoms with Gasteiger partial charge in [0.1, 0.15) is 0 Å². The Bertz CT molecular complexity index is 620. The molecule has 0 radical (unpaired) electrons. The first-order valence-electron chi connectivity index (χ1n) is 8.26. The molecule has 2 saturated heterocycles. The molecule has 2 aliphatic rings. The maximum Gasteiger partial charge on any atom is 0.308 e. The van der Waals surface area contributed by atoms with Crippen molar-refractivity contribution in [1.29, 1.82) is 0 Å². The summed E-state index contributed by atoms with van der Waals surface area (Å²) in [7, 11) is 0. The molecular weight excluding hydrogens is 308 g/mol. The van der Waals surface area contributed by atoms with Gasteiger partial charge >= 0.3 is 5.97 Å². The Morgan fingerprint density at radius 2 is 1.83 bits per heavy atom. The molecule has 2 aliphatic heterocycles. The molecule has 1 atom stereocenters. The molecular formula is C18H22N2O4. The predicted octanol–water partition coefficient (Wildman–Crippen LogP) is 1.47. The van der Waals surface area contributed by atoms with Crippen molar-refractivity contribution in [3.63, 3.8) is 0 Å². The number of carbonyl (C=O) groups is 2. The van der Waals surface area contributed by atoms with E-state index < -0.39 is 11.9 Å². The molecule has 0 spiro atoms. The number of benzene rings is 1. The van der Waals surface area contributed by atoms with Gasteiger partial charge < -0.3 is 19.6 Å². The number of ether oxygens (including phenoxy) is 1. The summed E-state index contributed by atoms with van der Waals surface area (Å²) in [5.41, 5.74) is 2.11. The summed E-state index contributed by atoms with van der Waals surface area (Å²) in [5.74, 6) is -1.39. The number of aliphatic carboxylic acids is 1. The van der Waals surface area contributed by atoms with Crippen molar-refractivity contribution in [2.24, 2.45) is 5.92 Å². The lowest BCUT2D eigenvalue weighted by atomic mass is 10.1. The molecule has 128 valence electrons. The summed E-state index contributed by atoms with van der Waals surface area (Å²) < 4.78 is 5.35. The molecule has 1 aromatic carbocycles. The molecule has 1 N–H and O–H groups in total. The van der Waals surface area contributed by atoms with Crippen LogP contribution in [0.2, 0.25) is 0 Å². The highest BCUT2D eigenvalue weighted by Gasteiger charge is 2.29. The van der Waals surface area contributed by atoms with E-state index in [4.69, 9.17) is 9.84 Å². The lowest BCUT2D eigenvalue weighted by Crippen LogP contribution is -2.36. The summed E-state index contributed by atoms with van der Waals surface area (Å²) in [5, 5.41) is 8.99.